The fourth-order valence-electron chi connectivity index (χ4n) is 4.61. The van der Waals surface area contributed by atoms with E-state index in [-0.39, 0.29) is 12.1 Å². The number of amides is 1. The van der Waals surface area contributed by atoms with Gasteiger partial charge in [0.05, 0.1) is 11.9 Å². The molecule has 0 spiro atoms. The summed E-state index contributed by atoms with van der Waals surface area (Å²) in [6, 6.07) is 22.7. The molecule has 6 heteroatoms. The van der Waals surface area contributed by atoms with E-state index in [1.807, 2.05) is 25.1 Å². The summed E-state index contributed by atoms with van der Waals surface area (Å²) in [6.45, 7) is 6.14. The van der Waals surface area contributed by atoms with Gasteiger partial charge in [-0.05, 0) is 74.6 Å². The van der Waals surface area contributed by atoms with Gasteiger partial charge in [-0.3, -0.25) is 4.79 Å². The molecule has 1 amide bonds. The summed E-state index contributed by atoms with van der Waals surface area (Å²) >= 11 is 1.72. The summed E-state index contributed by atoms with van der Waals surface area (Å²) < 4.78 is 0. The molecule has 2 aliphatic rings. The van der Waals surface area contributed by atoms with E-state index in [1.165, 1.54) is 35.3 Å². The molecule has 0 saturated carbocycles. The van der Waals surface area contributed by atoms with Crippen LogP contribution in [0.4, 0.5) is 11.4 Å². The SMILES string of the molecule is CCc1ccc(NC(C)NC(=O)c2ccc3c(c2)N=C(N2CCCCC2)c2ccccc2S3)cc1. The number of nitrogens with zero attached hydrogens (tertiary/aromatic N) is 2. The normalized spacial score (nSPS) is 15.8. The number of piperidine rings is 1. The minimum absolute atomic E-state index is 0.112. The Balaban J connectivity index is 1.37. The maximum absolute atomic E-state index is 13.1. The zero-order valence-corrected chi connectivity index (χ0v) is 21.2. The summed E-state index contributed by atoms with van der Waals surface area (Å²) in [5.41, 5.74) is 4.93. The number of hydrogen-bond donors (Lipinski definition) is 2. The Labute approximate surface area is 212 Å². The molecule has 3 aromatic rings. The predicted octanol–water partition coefficient (Wildman–Crippen LogP) is 6.47. The van der Waals surface area contributed by atoms with Gasteiger partial charge in [-0.15, -0.1) is 0 Å². The van der Waals surface area contributed by atoms with Crippen LogP contribution in [0.3, 0.4) is 0 Å². The number of nitrogens with one attached hydrogen (secondary N) is 2. The molecule has 0 bridgehead atoms. The molecule has 1 saturated heterocycles. The van der Waals surface area contributed by atoms with Crippen molar-refractivity contribution in [3.63, 3.8) is 0 Å². The third kappa shape index (κ3) is 5.38. The quantitative estimate of drug-likeness (QED) is 0.408. The van der Waals surface area contributed by atoms with Crippen molar-refractivity contribution in [2.75, 3.05) is 18.4 Å². The van der Waals surface area contributed by atoms with Crippen molar-refractivity contribution in [2.24, 2.45) is 4.99 Å². The number of likely N-dealkylation sites (tertiary alicyclic amines) is 1. The maximum atomic E-state index is 13.1. The van der Waals surface area contributed by atoms with Gasteiger partial charge in [0.25, 0.3) is 5.91 Å². The van der Waals surface area contributed by atoms with Gasteiger partial charge in [0.2, 0.25) is 0 Å². The molecule has 2 N–H and O–H groups in total. The van der Waals surface area contributed by atoms with Gasteiger partial charge in [-0.1, -0.05) is 49.0 Å². The van der Waals surface area contributed by atoms with Gasteiger partial charge < -0.3 is 15.5 Å². The van der Waals surface area contributed by atoms with Gasteiger partial charge >= 0.3 is 0 Å². The molecule has 2 heterocycles. The van der Waals surface area contributed by atoms with Crippen LogP contribution >= 0.6 is 11.8 Å². The fraction of sp³-hybridized carbons (Fsp3) is 0.310. The van der Waals surface area contributed by atoms with E-state index in [0.717, 1.165) is 41.6 Å². The van der Waals surface area contributed by atoms with E-state index in [1.54, 1.807) is 11.8 Å². The van der Waals surface area contributed by atoms with Crippen LogP contribution < -0.4 is 10.6 Å². The van der Waals surface area contributed by atoms with Crippen molar-refractivity contribution in [3.8, 4) is 0 Å². The van der Waals surface area contributed by atoms with Crippen LogP contribution in [-0.4, -0.2) is 35.9 Å². The Morgan fingerprint density at radius 2 is 1.77 bits per heavy atom. The van der Waals surface area contributed by atoms with E-state index < -0.39 is 0 Å². The fourth-order valence-corrected chi connectivity index (χ4v) is 5.61. The molecule has 5 nitrogen and oxygen atoms in total. The molecule has 3 aromatic carbocycles. The number of benzene rings is 3. The highest BCUT2D eigenvalue weighted by Crippen LogP contribution is 2.41. The molecule has 1 fully saturated rings. The second kappa shape index (κ2) is 10.6. The van der Waals surface area contributed by atoms with Gasteiger partial charge in [0, 0.05) is 39.7 Å². The first-order chi connectivity index (χ1) is 17.1. The van der Waals surface area contributed by atoms with Gasteiger partial charge in [0.1, 0.15) is 5.84 Å². The van der Waals surface area contributed by atoms with Crippen LogP contribution in [0.2, 0.25) is 0 Å². The average molecular weight is 485 g/mol. The number of amidine groups is 1. The highest BCUT2D eigenvalue weighted by atomic mass is 32.2. The molecule has 1 unspecified atom stereocenters. The summed E-state index contributed by atoms with van der Waals surface area (Å²) in [5.74, 6) is 0.911. The molecule has 2 aliphatic heterocycles. The first kappa shape index (κ1) is 23.5. The van der Waals surface area contributed by atoms with Crippen LogP contribution in [0.1, 0.15) is 54.6 Å². The first-order valence-electron chi connectivity index (χ1n) is 12.5. The third-order valence-electron chi connectivity index (χ3n) is 6.54. The van der Waals surface area contributed by atoms with E-state index in [9.17, 15) is 4.79 Å². The number of anilines is 1. The number of carbonyl (C=O) groups excluding carboxylic acids is 1. The molecular weight excluding hydrogens is 452 g/mol. The molecule has 0 aromatic heterocycles. The summed E-state index contributed by atoms with van der Waals surface area (Å²) in [7, 11) is 0. The number of hydrogen-bond acceptors (Lipinski definition) is 5. The lowest BCUT2D eigenvalue weighted by Gasteiger charge is -2.30. The zero-order chi connectivity index (χ0) is 24.2. The standard InChI is InChI=1S/C29H32N4OS/c1-3-21-11-14-23(15-12-21)30-20(2)31-29(34)22-13-16-27-25(19-22)32-28(33-17-7-4-8-18-33)24-9-5-6-10-26(24)35-27/h5-6,9-16,19-20,30H,3-4,7-8,17-18H2,1-2H3,(H,31,34). The van der Waals surface area contributed by atoms with Crippen molar-refractivity contribution in [2.45, 2.75) is 55.5 Å². The van der Waals surface area contributed by atoms with Gasteiger partial charge in [-0.2, -0.15) is 0 Å². The van der Waals surface area contributed by atoms with Crippen molar-refractivity contribution in [1.82, 2.24) is 10.2 Å². The lowest BCUT2D eigenvalue weighted by molar-refractivity contribution is 0.0944. The molecule has 0 radical (unpaired) electrons. The zero-order valence-electron chi connectivity index (χ0n) is 20.4. The molecule has 1 atom stereocenters. The van der Waals surface area contributed by atoms with E-state index in [2.05, 4.69) is 71.0 Å². The van der Waals surface area contributed by atoms with Crippen molar-refractivity contribution < 1.29 is 4.79 Å². The molecular formula is C29H32N4OS. The van der Waals surface area contributed by atoms with Crippen LogP contribution in [0, 0.1) is 0 Å². The molecule has 180 valence electrons. The lowest BCUT2D eigenvalue weighted by atomic mass is 10.1. The first-order valence-corrected chi connectivity index (χ1v) is 13.3. The highest BCUT2D eigenvalue weighted by Gasteiger charge is 2.24. The van der Waals surface area contributed by atoms with E-state index in [4.69, 9.17) is 4.99 Å². The number of aryl methyl sites for hydroxylation is 1. The third-order valence-corrected chi connectivity index (χ3v) is 7.68. The molecule has 5 rings (SSSR count). The van der Waals surface area contributed by atoms with Gasteiger partial charge in [0.15, 0.2) is 0 Å². The largest absolute Gasteiger partial charge is 0.366 e. The van der Waals surface area contributed by atoms with Gasteiger partial charge in [-0.25, -0.2) is 4.99 Å². The Morgan fingerprint density at radius 3 is 2.54 bits per heavy atom. The predicted molar refractivity (Wildman–Crippen MR) is 145 cm³/mol. The van der Waals surface area contributed by atoms with Crippen LogP contribution in [0.15, 0.2) is 81.5 Å². The monoisotopic (exact) mass is 484 g/mol. The number of fused-ring (bicyclic) bond motifs is 2. The van der Waals surface area contributed by atoms with Crippen LogP contribution in [0.5, 0.6) is 0 Å². The van der Waals surface area contributed by atoms with Crippen LogP contribution in [0.25, 0.3) is 0 Å². The summed E-state index contributed by atoms with van der Waals surface area (Å²) in [4.78, 5) is 22.9. The summed E-state index contributed by atoms with van der Waals surface area (Å²) in [6.07, 6.45) is 4.46. The van der Waals surface area contributed by atoms with Crippen molar-refractivity contribution in [1.29, 1.82) is 0 Å². The summed E-state index contributed by atoms with van der Waals surface area (Å²) in [5, 5.41) is 6.43. The smallest absolute Gasteiger partial charge is 0.252 e. The highest BCUT2D eigenvalue weighted by molar-refractivity contribution is 7.99. The Hall–Kier alpha value is -3.25. The second-order valence-corrected chi connectivity index (χ2v) is 10.2. The molecule has 0 aliphatic carbocycles. The maximum Gasteiger partial charge on any atom is 0.252 e. The number of aliphatic imine (C=N–C) groups is 1. The van der Waals surface area contributed by atoms with Crippen molar-refractivity contribution >= 4 is 34.9 Å². The van der Waals surface area contributed by atoms with E-state index >= 15 is 0 Å². The Morgan fingerprint density at radius 1 is 1.00 bits per heavy atom. The number of rotatable bonds is 5. The Kier molecular flexibility index (Phi) is 7.09. The number of carbonyl (C=O) groups is 1. The minimum atomic E-state index is -0.208. The Bertz CT molecular complexity index is 1230. The topological polar surface area (TPSA) is 56.7 Å². The van der Waals surface area contributed by atoms with Crippen LogP contribution in [-0.2, 0) is 6.42 Å². The van der Waals surface area contributed by atoms with E-state index in [0.29, 0.717) is 5.56 Å². The minimum Gasteiger partial charge on any atom is -0.366 e. The second-order valence-electron chi connectivity index (χ2n) is 9.15. The van der Waals surface area contributed by atoms with Crippen molar-refractivity contribution in [3.05, 3.63) is 83.4 Å². The lowest BCUT2D eigenvalue weighted by Crippen LogP contribution is -2.38. The molecule has 35 heavy (non-hydrogen) atoms. The average Bonchev–Trinajstić information content (AvgIpc) is 3.06.